The summed E-state index contributed by atoms with van der Waals surface area (Å²) in [6, 6.07) is 5.36. The molecular weight excluding hydrogens is 274 g/mol. The summed E-state index contributed by atoms with van der Waals surface area (Å²) in [4.78, 5) is 13.4. The molecule has 0 aliphatic carbocycles. The highest BCUT2D eigenvalue weighted by Crippen LogP contribution is 2.19. The lowest BCUT2D eigenvalue weighted by atomic mass is 10.1. The van der Waals surface area contributed by atoms with Crippen LogP contribution in [0.4, 0.5) is 10.5 Å². The van der Waals surface area contributed by atoms with Gasteiger partial charge in [-0.05, 0) is 43.9 Å². The number of likely N-dealkylation sites (tertiary alicyclic amines) is 1. The quantitative estimate of drug-likeness (QED) is 0.780. The van der Waals surface area contributed by atoms with Crippen LogP contribution in [0.2, 0.25) is 5.02 Å². The van der Waals surface area contributed by atoms with E-state index in [1.54, 1.807) is 11.0 Å². The molecule has 2 rings (SSSR count). The van der Waals surface area contributed by atoms with Gasteiger partial charge in [0, 0.05) is 10.7 Å². The SMILES string of the molecule is Cc1ccc(NC(=O)NCC[NH+]2CCCCC2)cc1Cl. The fraction of sp³-hybridized carbons (Fsp3) is 0.533. The molecule has 1 aromatic carbocycles. The molecule has 1 aliphatic heterocycles. The first-order valence-corrected chi connectivity index (χ1v) is 7.67. The number of urea groups is 1. The molecule has 0 saturated carbocycles. The summed E-state index contributed by atoms with van der Waals surface area (Å²) in [5, 5.41) is 6.37. The van der Waals surface area contributed by atoms with Crippen molar-refractivity contribution in [2.75, 3.05) is 31.5 Å². The predicted octanol–water partition coefficient (Wildman–Crippen LogP) is 1.84. The molecule has 20 heavy (non-hydrogen) atoms. The van der Waals surface area contributed by atoms with E-state index in [9.17, 15) is 4.79 Å². The number of hydrogen-bond acceptors (Lipinski definition) is 1. The van der Waals surface area contributed by atoms with E-state index >= 15 is 0 Å². The number of carbonyl (C=O) groups excluding carboxylic acids is 1. The Morgan fingerprint density at radius 2 is 2.05 bits per heavy atom. The highest BCUT2D eigenvalue weighted by Gasteiger charge is 2.13. The maximum absolute atomic E-state index is 11.8. The van der Waals surface area contributed by atoms with Gasteiger partial charge in [-0.3, -0.25) is 0 Å². The predicted molar refractivity (Wildman–Crippen MR) is 82.6 cm³/mol. The largest absolute Gasteiger partial charge is 0.333 e. The summed E-state index contributed by atoms with van der Waals surface area (Å²) in [5.41, 5.74) is 1.73. The number of amides is 2. The van der Waals surface area contributed by atoms with Gasteiger partial charge in [0.25, 0.3) is 0 Å². The molecule has 1 saturated heterocycles. The van der Waals surface area contributed by atoms with E-state index in [-0.39, 0.29) is 6.03 Å². The van der Waals surface area contributed by atoms with Crippen molar-refractivity contribution in [3.8, 4) is 0 Å². The second-order valence-corrected chi connectivity index (χ2v) is 5.81. The third-order valence-electron chi connectivity index (χ3n) is 3.75. The van der Waals surface area contributed by atoms with Crippen LogP contribution in [0.1, 0.15) is 24.8 Å². The van der Waals surface area contributed by atoms with Crippen LogP contribution in [0.25, 0.3) is 0 Å². The fourth-order valence-electron chi connectivity index (χ4n) is 2.50. The number of anilines is 1. The van der Waals surface area contributed by atoms with Gasteiger partial charge in [0.15, 0.2) is 0 Å². The number of benzene rings is 1. The molecule has 1 aromatic rings. The van der Waals surface area contributed by atoms with Gasteiger partial charge in [-0.2, -0.15) is 0 Å². The van der Waals surface area contributed by atoms with Crippen LogP contribution in [-0.4, -0.2) is 32.2 Å². The Hall–Kier alpha value is -1.26. The van der Waals surface area contributed by atoms with Crippen molar-refractivity contribution < 1.29 is 9.69 Å². The van der Waals surface area contributed by atoms with Gasteiger partial charge < -0.3 is 15.5 Å². The fourth-order valence-corrected chi connectivity index (χ4v) is 2.68. The first-order valence-electron chi connectivity index (χ1n) is 7.30. The van der Waals surface area contributed by atoms with E-state index in [0.29, 0.717) is 11.6 Å². The van der Waals surface area contributed by atoms with E-state index in [0.717, 1.165) is 17.8 Å². The average Bonchev–Trinajstić information content (AvgIpc) is 2.44. The molecule has 5 heteroatoms. The van der Waals surface area contributed by atoms with Crippen molar-refractivity contribution in [2.24, 2.45) is 0 Å². The molecule has 0 bridgehead atoms. The molecule has 1 fully saturated rings. The molecule has 0 atom stereocenters. The zero-order chi connectivity index (χ0) is 14.4. The zero-order valence-corrected chi connectivity index (χ0v) is 12.7. The molecule has 3 N–H and O–H groups in total. The van der Waals surface area contributed by atoms with Gasteiger partial charge in [-0.15, -0.1) is 0 Å². The molecule has 2 amide bonds. The van der Waals surface area contributed by atoms with Crippen molar-refractivity contribution in [2.45, 2.75) is 26.2 Å². The number of piperidine rings is 1. The smallest absolute Gasteiger partial charge is 0.319 e. The van der Waals surface area contributed by atoms with Gasteiger partial charge in [-0.25, -0.2) is 4.79 Å². The van der Waals surface area contributed by atoms with Gasteiger partial charge >= 0.3 is 6.03 Å². The number of halogens is 1. The number of hydrogen-bond donors (Lipinski definition) is 3. The third-order valence-corrected chi connectivity index (χ3v) is 4.16. The van der Waals surface area contributed by atoms with Crippen molar-refractivity contribution in [1.29, 1.82) is 0 Å². The summed E-state index contributed by atoms with van der Waals surface area (Å²) in [7, 11) is 0. The first-order chi connectivity index (χ1) is 9.65. The number of carbonyl (C=O) groups is 1. The van der Waals surface area contributed by atoms with Crippen LogP contribution in [0.15, 0.2) is 18.2 Å². The second kappa shape index (κ2) is 7.50. The molecule has 0 unspecified atom stereocenters. The summed E-state index contributed by atoms with van der Waals surface area (Å²) >= 11 is 6.03. The van der Waals surface area contributed by atoms with Gasteiger partial charge in [-0.1, -0.05) is 17.7 Å². The van der Waals surface area contributed by atoms with Crippen LogP contribution in [0, 0.1) is 6.92 Å². The monoisotopic (exact) mass is 296 g/mol. The lowest BCUT2D eigenvalue weighted by Gasteiger charge is -2.23. The molecule has 1 heterocycles. The van der Waals surface area contributed by atoms with Crippen LogP contribution in [-0.2, 0) is 0 Å². The topological polar surface area (TPSA) is 45.6 Å². The van der Waals surface area contributed by atoms with Crippen LogP contribution in [0.5, 0.6) is 0 Å². The third kappa shape index (κ3) is 4.69. The van der Waals surface area contributed by atoms with E-state index in [4.69, 9.17) is 11.6 Å². The Balaban J connectivity index is 1.70. The van der Waals surface area contributed by atoms with Gasteiger partial charge in [0.05, 0.1) is 26.2 Å². The Morgan fingerprint density at radius 3 is 2.75 bits per heavy atom. The second-order valence-electron chi connectivity index (χ2n) is 5.41. The number of rotatable bonds is 4. The first kappa shape index (κ1) is 15.1. The summed E-state index contributed by atoms with van der Waals surface area (Å²) in [6.45, 7) is 6.12. The van der Waals surface area contributed by atoms with E-state index in [1.165, 1.54) is 32.4 Å². The number of quaternary nitrogens is 1. The maximum atomic E-state index is 11.8. The summed E-state index contributed by atoms with van der Waals surface area (Å²) in [5.74, 6) is 0. The standard InChI is InChI=1S/C15H22ClN3O/c1-12-5-6-13(11-14(12)16)18-15(20)17-7-10-19-8-3-2-4-9-19/h5-6,11H,2-4,7-10H2,1H3,(H2,17,18,20)/p+1. The van der Waals surface area contributed by atoms with Crippen molar-refractivity contribution in [3.05, 3.63) is 28.8 Å². The van der Waals surface area contributed by atoms with E-state index in [2.05, 4.69) is 10.6 Å². The van der Waals surface area contributed by atoms with Crippen LogP contribution in [0.3, 0.4) is 0 Å². The molecule has 110 valence electrons. The van der Waals surface area contributed by atoms with E-state index in [1.807, 2.05) is 19.1 Å². The average molecular weight is 297 g/mol. The van der Waals surface area contributed by atoms with Crippen molar-refractivity contribution >= 4 is 23.3 Å². The molecule has 0 spiro atoms. The minimum atomic E-state index is -0.165. The Labute approximate surface area is 125 Å². The van der Waals surface area contributed by atoms with Gasteiger partial charge in [0.1, 0.15) is 0 Å². The van der Waals surface area contributed by atoms with E-state index < -0.39 is 0 Å². The minimum absolute atomic E-state index is 0.165. The molecule has 0 aromatic heterocycles. The zero-order valence-electron chi connectivity index (χ0n) is 12.0. The minimum Gasteiger partial charge on any atom is -0.333 e. The van der Waals surface area contributed by atoms with Crippen LogP contribution < -0.4 is 15.5 Å². The van der Waals surface area contributed by atoms with Crippen LogP contribution >= 0.6 is 11.6 Å². The molecule has 0 radical (unpaired) electrons. The van der Waals surface area contributed by atoms with Crippen molar-refractivity contribution in [1.82, 2.24) is 5.32 Å². The molecular formula is C15H23ClN3O+. The lowest BCUT2D eigenvalue weighted by molar-refractivity contribution is -0.903. The Bertz CT molecular complexity index is 458. The van der Waals surface area contributed by atoms with Gasteiger partial charge in [0.2, 0.25) is 0 Å². The highest BCUT2D eigenvalue weighted by atomic mass is 35.5. The lowest BCUT2D eigenvalue weighted by Crippen LogP contribution is -3.13. The maximum Gasteiger partial charge on any atom is 0.319 e. The summed E-state index contributed by atoms with van der Waals surface area (Å²) < 4.78 is 0. The van der Waals surface area contributed by atoms with Crippen molar-refractivity contribution in [3.63, 3.8) is 0 Å². The number of nitrogens with one attached hydrogen (secondary N) is 3. The molecule has 1 aliphatic rings. The highest BCUT2D eigenvalue weighted by molar-refractivity contribution is 6.31. The number of aryl methyl sites for hydroxylation is 1. The molecule has 4 nitrogen and oxygen atoms in total. The summed E-state index contributed by atoms with van der Waals surface area (Å²) in [6.07, 6.45) is 3.97. The normalized spacial score (nSPS) is 15.9. The Morgan fingerprint density at radius 1 is 1.30 bits per heavy atom. The Kier molecular flexibility index (Phi) is 5.68.